The molecule has 0 aliphatic rings. The fourth-order valence-electron chi connectivity index (χ4n) is 0.840. The van der Waals surface area contributed by atoms with Crippen LogP contribution in [0.4, 0.5) is 0 Å². The van der Waals surface area contributed by atoms with Gasteiger partial charge in [0.2, 0.25) is 0 Å². The van der Waals surface area contributed by atoms with Gasteiger partial charge in [0.05, 0.1) is 5.25 Å². The standard InChI is InChI=1S/C8H10O2S/c1-7(11(9)10)8-5-3-2-4-6-8/h2-7H,1H3,(H,9,10)/t7-/m0/s1. The van der Waals surface area contributed by atoms with Crippen LogP contribution in [0.2, 0.25) is 0 Å². The number of benzene rings is 1. The second-order valence-corrected chi connectivity index (χ2v) is 3.59. The van der Waals surface area contributed by atoms with Crippen molar-refractivity contribution in [3.05, 3.63) is 35.9 Å². The molecule has 60 valence electrons. The van der Waals surface area contributed by atoms with Gasteiger partial charge in [-0.2, -0.15) is 0 Å². The van der Waals surface area contributed by atoms with E-state index in [0.29, 0.717) is 0 Å². The molecule has 0 aromatic heterocycles. The molecule has 3 heteroatoms. The van der Waals surface area contributed by atoms with Crippen molar-refractivity contribution in [2.24, 2.45) is 0 Å². The molecule has 0 saturated carbocycles. The van der Waals surface area contributed by atoms with E-state index < -0.39 is 11.1 Å². The van der Waals surface area contributed by atoms with Crippen LogP contribution < -0.4 is 0 Å². The molecule has 0 fully saturated rings. The Morgan fingerprint density at radius 2 is 1.91 bits per heavy atom. The molecular weight excluding hydrogens is 160 g/mol. The predicted octanol–water partition coefficient (Wildman–Crippen LogP) is 1.97. The van der Waals surface area contributed by atoms with Gasteiger partial charge in [-0.15, -0.1) is 0 Å². The summed E-state index contributed by atoms with van der Waals surface area (Å²) in [6.45, 7) is 1.73. The molecule has 1 unspecified atom stereocenters. The van der Waals surface area contributed by atoms with Gasteiger partial charge in [0.25, 0.3) is 0 Å². The first-order chi connectivity index (χ1) is 5.22. The van der Waals surface area contributed by atoms with E-state index in [1.807, 2.05) is 30.3 Å². The highest BCUT2D eigenvalue weighted by Crippen LogP contribution is 2.16. The Balaban J connectivity index is 2.85. The van der Waals surface area contributed by atoms with E-state index in [9.17, 15) is 4.21 Å². The summed E-state index contributed by atoms with van der Waals surface area (Å²) in [6.07, 6.45) is 0. The zero-order valence-electron chi connectivity index (χ0n) is 6.23. The summed E-state index contributed by atoms with van der Waals surface area (Å²) >= 11 is -1.76. The van der Waals surface area contributed by atoms with Crippen LogP contribution in [0.3, 0.4) is 0 Å². The van der Waals surface area contributed by atoms with Crippen LogP contribution in [0.15, 0.2) is 30.3 Å². The lowest BCUT2D eigenvalue weighted by atomic mass is 10.2. The predicted molar refractivity (Wildman–Crippen MR) is 45.6 cm³/mol. The van der Waals surface area contributed by atoms with Crippen molar-refractivity contribution in [1.82, 2.24) is 0 Å². The summed E-state index contributed by atoms with van der Waals surface area (Å²) in [5.74, 6) is 0. The van der Waals surface area contributed by atoms with Crippen LogP contribution in [0.5, 0.6) is 0 Å². The van der Waals surface area contributed by atoms with Crippen molar-refractivity contribution in [2.75, 3.05) is 0 Å². The van der Waals surface area contributed by atoms with E-state index in [1.54, 1.807) is 6.92 Å². The van der Waals surface area contributed by atoms with Crippen LogP contribution in [-0.4, -0.2) is 8.76 Å². The molecule has 0 bridgehead atoms. The van der Waals surface area contributed by atoms with Gasteiger partial charge >= 0.3 is 0 Å². The van der Waals surface area contributed by atoms with Crippen molar-refractivity contribution in [3.63, 3.8) is 0 Å². The average molecular weight is 170 g/mol. The summed E-state index contributed by atoms with van der Waals surface area (Å²) in [5.41, 5.74) is 0.897. The average Bonchev–Trinajstić information content (AvgIpc) is 2.05. The largest absolute Gasteiger partial charge is 0.306 e. The first-order valence-corrected chi connectivity index (χ1v) is 4.53. The molecule has 0 spiro atoms. The Hall–Kier alpha value is -0.670. The molecule has 0 aliphatic heterocycles. The van der Waals surface area contributed by atoms with Crippen molar-refractivity contribution in [3.8, 4) is 0 Å². The first-order valence-electron chi connectivity index (χ1n) is 3.36. The Morgan fingerprint density at radius 3 is 2.36 bits per heavy atom. The molecule has 2 nitrogen and oxygen atoms in total. The first kappa shape index (κ1) is 8.43. The summed E-state index contributed by atoms with van der Waals surface area (Å²) in [7, 11) is 0. The third kappa shape index (κ3) is 2.13. The molecule has 2 atom stereocenters. The molecule has 0 amide bonds. The molecule has 0 saturated heterocycles. The fourth-order valence-corrected chi connectivity index (χ4v) is 1.23. The van der Waals surface area contributed by atoms with E-state index in [0.717, 1.165) is 5.56 Å². The topological polar surface area (TPSA) is 37.3 Å². The third-order valence-electron chi connectivity index (χ3n) is 1.57. The van der Waals surface area contributed by atoms with Crippen molar-refractivity contribution in [2.45, 2.75) is 12.2 Å². The zero-order chi connectivity index (χ0) is 8.27. The molecule has 1 aromatic rings. The van der Waals surface area contributed by atoms with Crippen molar-refractivity contribution < 1.29 is 8.76 Å². The molecule has 1 rings (SSSR count). The lowest BCUT2D eigenvalue weighted by Crippen LogP contribution is -1.99. The van der Waals surface area contributed by atoms with Crippen LogP contribution in [0.1, 0.15) is 17.7 Å². The van der Waals surface area contributed by atoms with Gasteiger partial charge in [0, 0.05) is 0 Å². The van der Waals surface area contributed by atoms with E-state index >= 15 is 0 Å². The molecule has 0 heterocycles. The van der Waals surface area contributed by atoms with Crippen molar-refractivity contribution in [1.29, 1.82) is 0 Å². The van der Waals surface area contributed by atoms with E-state index in [2.05, 4.69) is 0 Å². The van der Waals surface area contributed by atoms with Gasteiger partial charge in [-0.05, 0) is 12.5 Å². The minimum absolute atomic E-state index is 0.295. The highest BCUT2D eigenvalue weighted by atomic mass is 32.2. The molecule has 1 N–H and O–H groups in total. The van der Waals surface area contributed by atoms with Crippen LogP contribution in [0.25, 0.3) is 0 Å². The number of hydrogen-bond acceptors (Lipinski definition) is 1. The monoisotopic (exact) mass is 170 g/mol. The lowest BCUT2D eigenvalue weighted by molar-refractivity contribution is 0.554. The smallest absolute Gasteiger partial charge is 0.160 e. The fraction of sp³-hybridized carbons (Fsp3) is 0.250. The van der Waals surface area contributed by atoms with Crippen LogP contribution in [0, 0.1) is 0 Å². The second kappa shape index (κ2) is 3.64. The Bertz CT molecular complexity index is 246. The van der Waals surface area contributed by atoms with Gasteiger partial charge in [0.1, 0.15) is 0 Å². The molecule has 11 heavy (non-hydrogen) atoms. The van der Waals surface area contributed by atoms with Crippen LogP contribution in [-0.2, 0) is 11.1 Å². The van der Waals surface area contributed by atoms with Gasteiger partial charge in [-0.3, -0.25) is 0 Å². The summed E-state index contributed by atoms with van der Waals surface area (Å²) < 4.78 is 19.4. The highest BCUT2D eigenvalue weighted by molar-refractivity contribution is 7.79. The van der Waals surface area contributed by atoms with Gasteiger partial charge in [0.15, 0.2) is 11.1 Å². The van der Waals surface area contributed by atoms with Crippen molar-refractivity contribution >= 4 is 11.1 Å². The van der Waals surface area contributed by atoms with Gasteiger partial charge < -0.3 is 4.55 Å². The summed E-state index contributed by atoms with van der Waals surface area (Å²) in [5, 5.41) is -0.295. The van der Waals surface area contributed by atoms with Gasteiger partial charge in [-0.25, -0.2) is 4.21 Å². The molecule has 0 radical (unpaired) electrons. The Labute approximate surface area is 68.5 Å². The van der Waals surface area contributed by atoms with E-state index in [-0.39, 0.29) is 5.25 Å². The maximum Gasteiger partial charge on any atom is 0.160 e. The maximum atomic E-state index is 10.6. The highest BCUT2D eigenvalue weighted by Gasteiger charge is 2.09. The lowest BCUT2D eigenvalue weighted by Gasteiger charge is -2.05. The molecular formula is C8H10O2S. The van der Waals surface area contributed by atoms with Crippen LogP contribution >= 0.6 is 0 Å². The summed E-state index contributed by atoms with van der Waals surface area (Å²) in [4.78, 5) is 0. The van der Waals surface area contributed by atoms with Gasteiger partial charge in [-0.1, -0.05) is 30.3 Å². The molecule has 0 aliphatic carbocycles. The minimum Gasteiger partial charge on any atom is -0.306 e. The molecule has 1 aromatic carbocycles. The van der Waals surface area contributed by atoms with E-state index in [4.69, 9.17) is 4.55 Å². The number of rotatable bonds is 2. The SMILES string of the molecule is C[C@@H](c1ccccc1)S(=O)O. The Kier molecular flexibility index (Phi) is 2.79. The minimum atomic E-state index is -1.76. The quantitative estimate of drug-likeness (QED) is 0.689. The normalized spacial score (nSPS) is 15.8. The zero-order valence-corrected chi connectivity index (χ0v) is 7.04. The Morgan fingerprint density at radius 1 is 1.36 bits per heavy atom. The maximum absolute atomic E-state index is 10.6. The summed E-state index contributed by atoms with van der Waals surface area (Å²) in [6, 6.07) is 9.30. The third-order valence-corrected chi connectivity index (χ3v) is 2.45. The second-order valence-electron chi connectivity index (χ2n) is 2.33. The van der Waals surface area contributed by atoms with E-state index in [1.165, 1.54) is 0 Å². The number of hydrogen-bond donors (Lipinski definition) is 1.